The van der Waals surface area contributed by atoms with Gasteiger partial charge in [-0.25, -0.2) is 14.2 Å². The predicted molar refractivity (Wildman–Crippen MR) is 71.4 cm³/mol. The smallest absolute Gasteiger partial charge is 0.164 e. The van der Waals surface area contributed by atoms with E-state index in [1.807, 2.05) is 31.2 Å². The van der Waals surface area contributed by atoms with E-state index in [2.05, 4.69) is 5.43 Å². The number of hydrazine groups is 1. The molecule has 0 aliphatic carbocycles. The maximum Gasteiger partial charge on any atom is 0.164 e. The first-order valence-electron chi connectivity index (χ1n) is 6.01. The molecule has 2 aromatic carbocycles. The summed E-state index contributed by atoms with van der Waals surface area (Å²) in [6, 6.07) is 10.0. The van der Waals surface area contributed by atoms with Crippen molar-refractivity contribution < 1.29 is 8.78 Å². The minimum absolute atomic E-state index is 0.203. The van der Waals surface area contributed by atoms with Crippen molar-refractivity contribution >= 4 is 0 Å². The Balaban J connectivity index is 2.48. The molecule has 2 nitrogen and oxygen atoms in total. The molecule has 0 aliphatic rings. The largest absolute Gasteiger partial charge is 0.271 e. The van der Waals surface area contributed by atoms with Crippen molar-refractivity contribution in [1.29, 1.82) is 0 Å². The molecule has 19 heavy (non-hydrogen) atoms. The lowest BCUT2D eigenvalue weighted by atomic mass is 9.97. The number of aryl methyl sites for hydroxylation is 2. The zero-order valence-corrected chi connectivity index (χ0v) is 10.9. The van der Waals surface area contributed by atoms with Crippen LogP contribution in [0.5, 0.6) is 0 Å². The zero-order chi connectivity index (χ0) is 14.0. The molecule has 3 N–H and O–H groups in total. The Morgan fingerprint density at radius 1 is 0.947 bits per heavy atom. The van der Waals surface area contributed by atoms with Gasteiger partial charge in [0.2, 0.25) is 0 Å². The molecule has 0 saturated carbocycles. The lowest BCUT2D eigenvalue weighted by molar-refractivity contribution is 0.478. The SMILES string of the molecule is Cc1ccc(C(NN)c2ccc(C)c(F)c2F)cc1. The monoisotopic (exact) mass is 262 g/mol. The van der Waals surface area contributed by atoms with E-state index in [1.165, 1.54) is 6.92 Å². The lowest BCUT2D eigenvalue weighted by Crippen LogP contribution is -2.29. The molecule has 0 bridgehead atoms. The molecule has 1 unspecified atom stereocenters. The quantitative estimate of drug-likeness (QED) is 0.658. The number of benzene rings is 2. The fourth-order valence-electron chi connectivity index (χ4n) is 2.01. The molecule has 0 radical (unpaired) electrons. The van der Waals surface area contributed by atoms with Crippen molar-refractivity contribution in [3.05, 3.63) is 70.3 Å². The predicted octanol–water partition coefficient (Wildman–Crippen LogP) is 3.13. The number of halogens is 2. The van der Waals surface area contributed by atoms with Crippen molar-refractivity contribution in [2.24, 2.45) is 5.84 Å². The van der Waals surface area contributed by atoms with Gasteiger partial charge in [-0.15, -0.1) is 0 Å². The van der Waals surface area contributed by atoms with Gasteiger partial charge in [-0.3, -0.25) is 5.84 Å². The van der Waals surface area contributed by atoms with Crippen LogP contribution in [0.3, 0.4) is 0 Å². The summed E-state index contributed by atoms with van der Waals surface area (Å²) in [7, 11) is 0. The maximum atomic E-state index is 14.0. The van der Waals surface area contributed by atoms with Gasteiger partial charge in [0.05, 0.1) is 6.04 Å². The Kier molecular flexibility index (Phi) is 3.93. The van der Waals surface area contributed by atoms with Gasteiger partial charge in [0.25, 0.3) is 0 Å². The van der Waals surface area contributed by atoms with Crippen molar-refractivity contribution in [3.63, 3.8) is 0 Å². The Hall–Kier alpha value is -1.78. The Bertz CT molecular complexity index is 579. The van der Waals surface area contributed by atoms with E-state index >= 15 is 0 Å². The van der Waals surface area contributed by atoms with Gasteiger partial charge in [-0.1, -0.05) is 42.0 Å². The normalized spacial score (nSPS) is 12.5. The number of nitrogens with two attached hydrogens (primary N) is 1. The Morgan fingerprint density at radius 3 is 2.16 bits per heavy atom. The number of nitrogens with one attached hydrogen (secondary N) is 1. The van der Waals surface area contributed by atoms with Gasteiger partial charge >= 0.3 is 0 Å². The summed E-state index contributed by atoms with van der Waals surface area (Å²) in [5.41, 5.74) is 4.90. The maximum absolute atomic E-state index is 14.0. The van der Waals surface area contributed by atoms with Crippen LogP contribution in [-0.2, 0) is 0 Å². The summed E-state index contributed by atoms with van der Waals surface area (Å²) in [5.74, 6) is 3.81. The molecule has 0 aromatic heterocycles. The molecule has 0 fully saturated rings. The summed E-state index contributed by atoms with van der Waals surface area (Å²) in [4.78, 5) is 0. The van der Waals surface area contributed by atoms with Crippen molar-refractivity contribution in [2.75, 3.05) is 0 Å². The molecule has 2 aromatic rings. The summed E-state index contributed by atoms with van der Waals surface area (Å²) < 4.78 is 27.6. The molecule has 0 spiro atoms. The zero-order valence-electron chi connectivity index (χ0n) is 10.9. The van der Waals surface area contributed by atoms with Crippen LogP contribution in [0.4, 0.5) is 8.78 Å². The third kappa shape index (κ3) is 2.64. The first-order chi connectivity index (χ1) is 9.04. The van der Waals surface area contributed by atoms with Gasteiger partial charge in [0.15, 0.2) is 11.6 Å². The minimum atomic E-state index is -0.858. The topological polar surface area (TPSA) is 38.0 Å². The molecule has 4 heteroatoms. The van der Waals surface area contributed by atoms with Crippen LogP contribution < -0.4 is 11.3 Å². The van der Waals surface area contributed by atoms with Crippen LogP contribution >= 0.6 is 0 Å². The van der Waals surface area contributed by atoms with Crippen LogP contribution in [0.2, 0.25) is 0 Å². The number of hydrogen-bond acceptors (Lipinski definition) is 2. The summed E-state index contributed by atoms with van der Waals surface area (Å²) in [6.45, 7) is 3.49. The van der Waals surface area contributed by atoms with Gasteiger partial charge < -0.3 is 0 Å². The van der Waals surface area contributed by atoms with E-state index in [4.69, 9.17) is 5.84 Å². The Labute approximate surface area is 111 Å². The number of hydrogen-bond donors (Lipinski definition) is 2. The molecule has 0 amide bonds. The third-order valence-electron chi connectivity index (χ3n) is 3.19. The molecule has 0 aliphatic heterocycles. The lowest BCUT2D eigenvalue weighted by Gasteiger charge is -2.18. The third-order valence-corrected chi connectivity index (χ3v) is 3.19. The molecule has 0 saturated heterocycles. The first-order valence-corrected chi connectivity index (χ1v) is 6.01. The highest BCUT2D eigenvalue weighted by Gasteiger charge is 2.20. The molecule has 2 rings (SSSR count). The van der Waals surface area contributed by atoms with Crippen LogP contribution in [0.1, 0.15) is 28.3 Å². The van der Waals surface area contributed by atoms with E-state index in [0.29, 0.717) is 0 Å². The summed E-state index contributed by atoms with van der Waals surface area (Å²) in [6.07, 6.45) is 0. The van der Waals surface area contributed by atoms with Crippen molar-refractivity contribution in [1.82, 2.24) is 5.43 Å². The van der Waals surface area contributed by atoms with Gasteiger partial charge in [-0.05, 0) is 25.0 Å². The van der Waals surface area contributed by atoms with Crippen molar-refractivity contribution in [2.45, 2.75) is 19.9 Å². The fourth-order valence-corrected chi connectivity index (χ4v) is 2.01. The highest BCUT2D eigenvalue weighted by molar-refractivity contribution is 5.36. The standard InChI is InChI=1S/C15H16F2N2/c1-9-3-6-11(7-4-9)15(19-18)12-8-5-10(2)13(16)14(12)17/h3-8,15,19H,18H2,1-2H3. The van der Waals surface area contributed by atoms with Crippen molar-refractivity contribution in [3.8, 4) is 0 Å². The van der Waals surface area contributed by atoms with E-state index in [1.54, 1.807) is 12.1 Å². The molecular formula is C15H16F2N2. The first kappa shape index (κ1) is 13.6. The minimum Gasteiger partial charge on any atom is -0.271 e. The highest BCUT2D eigenvalue weighted by Crippen LogP contribution is 2.26. The molecule has 100 valence electrons. The van der Waals surface area contributed by atoms with Crippen LogP contribution in [0, 0.1) is 25.5 Å². The Morgan fingerprint density at radius 2 is 1.58 bits per heavy atom. The summed E-state index contributed by atoms with van der Waals surface area (Å²) in [5, 5.41) is 0. The van der Waals surface area contributed by atoms with Gasteiger partial charge in [0, 0.05) is 5.56 Å². The second-order valence-corrected chi connectivity index (χ2v) is 4.61. The molecular weight excluding hydrogens is 246 g/mol. The summed E-state index contributed by atoms with van der Waals surface area (Å²) >= 11 is 0. The average Bonchev–Trinajstić information content (AvgIpc) is 2.41. The van der Waals surface area contributed by atoms with Crippen LogP contribution in [0.15, 0.2) is 36.4 Å². The van der Waals surface area contributed by atoms with E-state index in [-0.39, 0.29) is 11.1 Å². The number of rotatable bonds is 3. The van der Waals surface area contributed by atoms with Crippen LogP contribution in [-0.4, -0.2) is 0 Å². The second kappa shape index (κ2) is 5.47. The van der Waals surface area contributed by atoms with Crippen LogP contribution in [0.25, 0.3) is 0 Å². The fraction of sp³-hybridized carbons (Fsp3) is 0.200. The average molecular weight is 262 g/mol. The van der Waals surface area contributed by atoms with Gasteiger partial charge in [-0.2, -0.15) is 0 Å². The molecule has 1 atom stereocenters. The molecule has 0 heterocycles. The second-order valence-electron chi connectivity index (χ2n) is 4.61. The van der Waals surface area contributed by atoms with E-state index in [9.17, 15) is 8.78 Å². The van der Waals surface area contributed by atoms with E-state index < -0.39 is 17.7 Å². The highest BCUT2D eigenvalue weighted by atomic mass is 19.2. The van der Waals surface area contributed by atoms with E-state index in [0.717, 1.165) is 11.1 Å². The van der Waals surface area contributed by atoms with Gasteiger partial charge in [0.1, 0.15) is 0 Å².